The van der Waals surface area contributed by atoms with Crippen molar-refractivity contribution in [3.8, 4) is 0 Å². The molecule has 7 nitrogen and oxygen atoms in total. The van der Waals surface area contributed by atoms with Crippen LogP contribution in [0.5, 0.6) is 0 Å². The second kappa shape index (κ2) is 7.61. The minimum Gasteiger partial charge on any atom is -0.480 e. The molecule has 2 aliphatic rings. The Morgan fingerprint density at radius 3 is 2.29 bits per heavy atom. The van der Waals surface area contributed by atoms with Gasteiger partial charge in [-0.2, -0.15) is 0 Å². The van der Waals surface area contributed by atoms with Gasteiger partial charge in [0.25, 0.3) is 0 Å². The zero-order chi connectivity index (χ0) is 15.2. The minimum atomic E-state index is -0.963. The molecule has 0 atom stereocenters. The van der Waals surface area contributed by atoms with E-state index in [0.29, 0.717) is 25.9 Å². The van der Waals surface area contributed by atoms with E-state index in [4.69, 9.17) is 9.84 Å². The van der Waals surface area contributed by atoms with Crippen LogP contribution < -0.4 is 5.32 Å². The number of carboxylic acids is 1. The van der Waals surface area contributed by atoms with Crippen LogP contribution in [0.25, 0.3) is 0 Å². The monoisotopic (exact) mass is 300 g/mol. The zero-order valence-electron chi connectivity index (χ0n) is 12.2. The molecule has 7 heteroatoms. The highest BCUT2D eigenvalue weighted by atomic mass is 16.5. The van der Waals surface area contributed by atoms with Gasteiger partial charge in [-0.1, -0.05) is 0 Å². The fourth-order valence-electron chi connectivity index (χ4n) is 2.90. The van der Waals surface area contributed by atoms with E-state index in [2.05, 4.69) is 5.32 Å². The van der Waals surface area contributed by atoms with Crippen molar-refractivity contribution in [2.45, 2.75) is 56.8 Å². The Labute approximate surface area is 124 Å². The summed E-state index contributed by atoms with van der Waals surface area (Å²) >= 11 is 0. The summed E-state index contributed by atoms with van der Waals surface area (Å²) in [7, 11) is 0. The topological polar surface area (TPSA) is 99.1 Å². The van der Waals surface area contributed by atoms with E-state index >= 15 is 0 Å². The van der Waals surface area contributed by atoms with Gasteiger partial charge in [0.05, 0.1) is 12.2 Å². The fourth-order valence-corrected chi connectivity index (χ4v) is 2.90. The van der Waals surface area contributed by atoms with E-state index in [0.717, 1.165) is 25.7 Å². The van der Waals surface area contributed by atoms with Crippen molar-refractivity contribution >= 4 is 12.0 Å². The molecule has 2 amide bonds. The first-order chi connectivity index (χ1) is 10.0. The number of carbonyl (C=O) groups excluding carboxylic acids is 1. The molecule has 0 bridgehead atoms. The Balaban J connectivity index is 1.67. The van der Waals surface area contributed by atoms with E-state index < -0.39 is 5.97 Å². The maximum Gasteiger partial charge on any atom is 0.329 e. The number of rotatable bonds is 4. The van der Waals surface area contributed by atoms with Crippen LogP contribution in [0.2, 0.25) is 0 Å². The molecule has 0 aromatic rings. The summed E-state index contributed by atoms with van der Waals surface area (Å²) in [5, 5.41) is 21.0. The number of ether oxygens (including phenoxy) is 1. The van der Waals surface area contributed by atoms with Crippen molar-refractivity contribution in [2.24, 2.45) is 0 Å². The summed E-state index contributed by atoms with van der Waals surface area (Å²) in [4.78, 5) is 24.3. The SMILES string of the molecule is O=C(O)COC1CCN(C(=O)NC2CCC(O)CC2)CC1. The number of urea groups is 1. The highest BCUT2D eigenvalue weighted by Crippen LogP contribution is 2.19. The fraction of sp³-hybridized carbons (Fsp3) is 0.857. The van der Waals surface area contributed by atoms with E-state index in [1.54, 1.807) is 4.90 Å². The summed E-state index contributed by atoms with van der Waals surface area (Å²) in [6, 6.07) is 0.0926. The van der Waals surface area contributed by atoms with Gasteiger partial charge in [-0.25, -0.2) is 9.59 Å². The van der Waals surface area contributed by atoms with Crippen LogP contribution in [-0.4, -0.2) is 65.1 Å². The number of aliphatic hydroxyl groups excluding tert-OH is 1. The number of aliphatic carboxylic acids is 1. The highest BCUT2D eigenvalue weighted by molar-refractivity contribution is 5.74. The van der Waals surface area contributed by atoms with Gasteiger partial charge < -0.3 is 25.2 Å². The molecule has 1 aliphatic carbocycles. The molecular weight excluding hydrogens is 276 g/mol. The Morgan fingerprint density at radius 2 is 1.71 bits per heavy atom. The van der Waals surface area contributed by atoms with Crippen LogP contribution in [0.1, 0.15) is 38.5 Å². The molecule has 1 saturated carbocycles. The van der Waals surface area contributed by atoms with Crippen LogP contribution in [0.4, 0.5) is 4.79 Å². The van der Waals surface area contributed by atoms with Crippen molar-refractivity contribution < 1.29 is 24.5 Å². The van der Waals surface area contributed by atoms with Crippen LogP contribution in [0.15, 0.2) is 0 Å². The molecule has 1 aliphatic heterocycles. The largest absolute Gasteiger partial charge is 0.480 e. The number of piperidine rings is 1. The second-order valence-electron chi connectivity index (χ2n) is 5.85. The molecule has 1 heterocycles. The minimum absolute atomic E-state index is 0.0620. The highest BCUT2D eigenvalue weighted by Gasteiger charge is 2.26. The lowest BCUT2D eigenvalue weighted by atomic mass is 9.93. The summed E-state index contributed by atoms with van der Waals surface area (Å²) in [6.45, 7) is 0.901. The number of likely N-dealkylation sites (tertiary alicyclic amines) is 1. The van der Waals surface area contributed by atoms with Crippen molar-refractivity contribution in [1.29, 1.82) is 0 Å². The summed E-state index contributed by atoms with van der Waals surface area (Å²) in [5.41, 5.74) is 0. The lowest BCUT2D eigenvalue weighted by Gasteiger charge is -2.34. The zero-order valence-corrected chi connectivity index (χ0v) is 12.2. The summed E-state index contributed by atoms with van der Waals surface area (Å²) < 4.78 is 5.25. The molecular formula is C14H24N2O5. The van der Waals surface area contributed by atoms with E-state index in [1.165, 1.54) is 0 Å². The van der Waals surface area contributed by atoms with Gasteiger partial charge in [-0.3, -0.25) is 0 Å². The van der Waals surface area contributed by atoms with Gasteiger partial charge in [-0.15, -0.1) is 0 Å². The molecule has 21 heavy (non-hydrogen) atoms. The van der Waals surface area contributed by atoms with E-state index in [1.807, 2.05) is 0 Å². The Morgan fingerprint density at radius 1 is 1.10 bits per heavy atom. The normalized spacial score (nSPS) is 27.4. The first-order valence-corrected chi connectivity index (χ1v) is 7.61. The summed E-state index contributed by atoms with van der Waals surface area (Å²) in [6.07, 6.45) is 4.19. The second-order valence-corrected chi connectivity index (χ2v) is 5.85. The standard InChI is InChI=1S/C14H24N2O5/c17-11-3-1-10(2-4-11)15-14(20)16-7-5-12(6-8-16)21-9-13(18)19/h10-12,17H,1-9H2,(H,15,20)(H,18,19). The Bertz CT molecular complexity index is 360. The number of nitrogens with one attached hydrogen (secondary N) is 1. The molecule has 0 spiro atoms. The maximum atomic E-state index is 12.1. The van der Waals surface area contributed by atoms with Gasteiger partial charge in [0.1, 0.15) is 6.61 Å². The molecule has 2 rings (SSSR count). The molecule has 0 aromatic carbocycles. The molecule has 120 valence electrons. The van der Waals surface area contributed by atoms with Gasteiger partial charge in [0.2, 0.25) is 0 Å². The molecule has 3 N–H and O–H groups in total. The van der Waals surface area contributed by atoms with Crippen LogP contribution in [0, 0.1) is 0 Å². The molecule has 2 fully saturated rings. The average Bonchev–Trinajstić information content (AvgIpc) is 2.48. The first-order valence-electron chi connectivity index (χ1n) is 7.61. The predicted molar refractivity (Wildman–Crippen MR) is 75.0 cm³/mol. The van der Waals surface area contributed by atoms with Gasteiger partial charge in [0, 0.05) is 19.1 Å². The quantitative estimate of drug-likeness (QED) is 0.705. The van der Waals surface area contributed by atoms with Crippen molar-refractivity contribution in [2.75, 3.05) is 19.7 Å². The lowest BCUT2D eigenvalue weighted by Crippen LogP contribution is -2.49. The third-order valence-electron chi connectivity index (χ3n) is 4.20. The van der Waals surface area contributed by atoms with Gasteiger partial charge in [-0.05, 0) is 38.5 Å². The third kappa shape index (κ3) is 5.17. The first kappa shape index (κ1) is 16.0. The number of amides is 2. The summed E-state index contributed by atoms with van der Waals surface area (Å²) in [5.74, 6) is -0.963. The van der Waals surface area contributed by atoms with Crippen molar-refractivity contribution in [1.82, 2.24) is 10.2 Å². The Hall–Kier alpha value is -1.34. The average molecular weight is 300 g/mol. The number of carboxylic acid groups (broad SMARTS) is 1. The van der Waals surface area contributed by atoms with E-state index in [-0.39, 0.29) is 30.9 Å². The molecule has 0 aromatic heterocycles. The maximum absolute atomic E-state index is 12.1. The molecule has 0 radical (unpaired) electrons. The van der Waals surface area contributed by atoms with Gasteiger partial charge in [0.15, 0.2) is 0 Å². The number of hydrogen-bond acceptors (Lipinski definition) is 4. The predicted octanol–water partition coefficient (Wildman–Crippen LogP) is 0.565. The Kier molecular flexibility index (Phi) is 5.81. The molecule has 1 saturated heterocycles. The van der Waals surface area contributed by atoms with E-state index in [9.17, 15) is 14.7 Å². The van der Waals surface area contributed by atoms with Crippen molar-refractivity contribution in [3.63, 3.8) is 0 Å². The third-order valence-corrected chi connectivity index (χ3v) is 4.20. The number of carbonyl (C=O) groups is 2. The van der Waals surface area contributed by atoms with Crippen LogP contribution >= 0.6 is 0 Å². The molecule has 0 unspecified atom stereocenters. The van der Waals surface area contributed by atoms with Crippen LogP contribution in [0.3, 0.4) is 0 Å². The van der Waals surface area contributed by atoms with Gasteiger partial charge >= 0.3 is 12.0 Å². The van der Waals surface area contributed by atoms with Crippen LogP contribution in [-0.2, 0) is 9.53 Å². The number of nitrogens with zero attached hydrogens (tertiary/aromatic N) is 1. The lowest BCUT2D eigenvalue weighted by molar-refractivity contribution is -0.145. The number of aliphatic hydroxyl groups is 1. The smallest absolute Gasteiger partial charge is 0.329 e. The van der Waals surface area contributed by atoms with Crippen molar-refractivity contribution in [3.05, 3.63) is 0 Å². The number of hydrogen-bond donors (Lipinski definition) is 3.